The zero-order valence-corrected chi connectivity index (χ0v) is 18.9. The average molecular weight is 443 g/mol. The fourth-order valence-corrected chi connectivity index (χ4v) is 4.12. The molecule has 168 valence electrons. The van der Waals surface area contributed by atoms with Gasteiger partial charge in [0.25, 0.3) is 11.7 Å². The summed E-state index contributed by atoms with van der Waals surface area (Å²) in [5.74, 6) is -0.800. The molecular formula is C27H26N2O4. The first kappa shape index (κ1) is 22.3. The molecule has 1 fully saturated rings. The Kier molecular flexibility index (Phi) is 6.27. The van der Waals surface area contributed by atoms with Gasteiger partial charge in [-0.3, -0.25) is 14.6 Å². The second-order valence-electron chi connectivity index (χ2n) is 8.10. The molecule has 2 aromatic carbocycles. The molecule has 1 aromatic heterocycles. The predicted molar refractivity (Wildman–Crippen MR) is 126 cm³/mol. The largest absolute Gasteiger partial charge is 0.507 e. The molecule has 33 heavy (non-hydrogen) atoms. The van der Waals surface area contributed by atoms with E-state index >= 15 is 0 Å². The third-order valence-corrected chi connectivity index (χ3v) is 5.80. The van der Waals surface area contributed by atoms with Gasteiger partial charge in [0.15, 0.2) is 0 Å². The third-order valence-electron chi connectivity index (χ3n) is 5.80. The van der Waals surface area contributed by atoms with Crippen LogP contribution >= 0.6 is 0 Å². The maximum atomic E-state index is 13.2. The molecule has 2 heterocycles. The molecule has 1 aliphatic rings. The topological polar surface area (TPSA) is 79.7 Å². The summed E-state index contributed by atoms with van der Waals surface area (Å²) in [5.41, 5.74) is 3.97. The van der Waals surface area contributed by atoms with Crippen LogP contribution in [-0.4, -0.2) is 33.3 Å². The van der Waals surface area contributed by atoms with Gasteiger partial charge in [0.05, 0.1) is 18.2 Å². The molecule has 0 radical (unpaired) electrons. The van der Waals surface area contributed by atoms with Crippen molar-refractivity contribution < 1.29 is 19.4 Å². The number of ether oxygens (including phenoxy) is 1. The number of nitrogens with zero attached hydrogens (tertiary/aromatic N) is 2. The fraction of sp³-hybridized carbons (Fsp3) is 0.222. The van der Waals surface area contributed by atoms with Gasteiger partial charge in [-0.15, -0.1) is 0 Å². The van der Waals surface area contributed by atoms with Crippen molar-refractivity contribution in [2.45, 2.75) is 33.4 Å². The maximum absolute atomic E-state index is 13.2. The lowest BCUT2D eigenvalue weighted by molar-refractivity contribution is -0.140. The summed E-state index contributed by atoms with van der Waals surface area (Å²) in [5, 5.41) is 11.3. The van der Waals surface area contributed by atoms with Gasteiger partial charge < -0.3 is 14.7 Å². The highest BCUT2D eigenvalue weighted by Crippen LogP contribution is 2.41. The van der Waals surface area contributed by atoms with E-state index in [1.807, 2.05) is 63.2 Å². The number of Topliss-reactive ketones (excluding diaryl/α,β-unsaturated/α-hetero) is 1. The Balaban J connectivity index is 1.87. The summed E-state index contributed by atoms with van der Waals surface area (Å²) in [4.78, 5) is 31.9. The number of aliphatic hydroxyl groups excluding tert-OH is 1. The SMILES string of the molecule is CCOc1ccc(C2/C(=C(\O)c3cc(C)ccc3C)C(=O)C(=O)N2Cc2ccncc2)cc1. The van der Waals surface area contributed by atoms with Crippen LogP contribution in [0.3, 0.4) is 0 Å². The van der Waals surface area contributed by atoms with Crippen LogP contribution in [0.25, 0.3) is 5.76 Å². The van der Waals surface area contributed by atoms with E-state index in [1.54, 1.807) is 24.5 Å². The summed E-state index contributed by atoms with van der Waals surface area (Å²) in [6.45, 7) is 6.44. The van der Waals surface area contributed by atoms with Crippen molar-refractivity contribution in [2.75, 3.05) is 6.61 Å². The van der Waals surface area contributed by atoms with E-state index in [9.17, 15) is 14.7 Å². The Bertz CT molecular complexity index is 1220. The van der Waals surface area contributed by atoms with E-state index in [-0.39, 0.29) is 17.9 Å². The van der Waals surface area contributed by atoms with Gasteiger partial charge >= 0.3 is 0 Å². The third kappa shape index (κ3) is 4.37. The van der Waals surface area contributed by atoms with Crippen LogP contribution in [0.5, 0.6) is 5.75 Å². The molecule has 6 heteroatoms. The Labute approximate surface area is 193 Å². The van der Waals surface area contributed by atoms with E-state index in [4.69, 9.17) is 4.74 Å². The van der Waals surface area contributed by atoms with E-state index in [0.717, 1.165) is 22.3 Å². The van der Waals surface area contributed by atoms with Crippen molar-refractivity contribution in [3.63, 3.8) is 0 Å². The first-order valence-corrected chi connectivity index (χ1v) is 10.9. The van der Waals surface area contributed by atoms with E-state index in [2.05, 4.69) is 4.98 Å². The molecule has 0 aliphatic carbocycles. The van der Waals surface area contributed by atoms with Crippen LogP contribution < -0.4 is 4.74 Å². The van der Waals surface area contributed by atoms with Crippen LogP contribution in [0.1, 0.15) is 40.8 Å². The van der Waals surface area contributed by atoms with Crippen molar-refractivity contribution in [3.8, 4) is 5.75 Å². The molecular weight excluding hydrogens is 416 g/mol. The summed E-state index contributed by atoms with van der Waals surface area (Å²) in [6, 6.07) is 15.8. The van der Waals surface area contributed by atoms with Crippen molar-refractivity contribution in [2.24, 2.45) is 0 Å². The minimum Gasteiger partial charge on any atom is -0.507 e. The monoisotopic (exact) mass is 442 g/mol. The van der Waals surface area contributed by atoms with Crippen LogP contribution in [-0.2, 0) is 16.1 Å². The van der Waals surface area contributed by atoms with Crippen LogP contribution in [0, 0.1) is 13.8 Å². The molecule has 1 amide bonds. The highest BCUT2D eigenvalue weighted by molar-refractivity contribution is 6.46. The number of aliphatic hydroxyl groups is 1. The summed E-state index contributed by atoms with van der Waals surface area (Å²) >= 11 is 0. The van der Waals surface area contributed by atoms with Crippen LogP contribution in [0.2, 0.25) is 0 Å². The van der Waals surface area contributed by atoms with Crippen molar-refractivity contribution in [3.05, 3.63) is 100 Å². The van der Waals surface area contributed by atoms with Crippen molar-refractivity contribution >= 4 is 17.4 Å². The Hall–Kier alpha value is -3.93. The molecule has 1 N–H and O–H groups in total. The Morgan fingerprint density at radius 1 is 1.03 bits per heavy atom. The molecule has 1 aliphatic heterocycles. The second-order valence-corrected chi connectivity index (χ2v) is 8.10. The number of carbonyl (C=O) groups is 2. The predicted octanol–water partition coefficient (Wildman–Crippen LogP) is 4.72. The standard InChI is InChI=1S/C27H26N2O4/c1-4-33-21-9-7-20(8-10-21)24-23(25(30)22-15-17(2)5-6-18(22)3)26(31)27(32)29(24)16-19-11-13-28-14-12-19/h5-15,24,30H,4,16H2,1-3H3/b25-23+. The summed E-state index contributed by atoms with van der Waals surface area (Å²) < 4.78 is 5.54. The van der Waals surface area contributed by atoms with Gasteiger partial charge in [-0.05, 0) is 67.8 Å². The summed E-state index contributed by atoms with van der Waals surface area (Å²) in [6.07, 6.45) is 3.29. The van der Waals surface area contributed by atoms with Gasteiger partial charge in [-0.25, -0.2) is 0 Å². The van der Waals surface area contributed by atoms with Crippen molar-refractivity contribution in [1.29, 1.82) is 0 Å². The molecule has 3 aromatic rings. The number of benzene rings is 2. The van der Waals surface area contributed by atoms with Crippen LogP contribution in [0.15, 0.2) is 72.6 Å². The first-order chi connectivity index (χ1) is 15.9. The van der Waals surface area contributed by atoms with Crippen LogP contribution in [0.4, 0.5) is 0 Å². The molecule has 1 saturated heterocycles. The van der Waals surface area contributed by atoms with Gasteiger partial charge in [-0.1, -0.05) is 29.8 Å². The number of rotatable bonds is 6. The molecule has 1 atom stereocenters. The minimum atomic E-state index is -0.728. The molecule has 0 saturated carbocycles. The number of aryl methyl sites for hydroxylation is 2. The lowest BCUT2D eigenvalue weighted by Crippen LogP contribution is -2.29. The molecule has 6 nitrogen and oxygen atoms in total. The molecule has 1 unspecified atom stereocenters. The zero-order chi connectivity index (χ0) is 23.5. The smallest absolute Gasteiger partial charge is 0.295 e. The van der Waals surface area contributed by atoms with Gasteiger partial charge in [0.1, 0.15) is 11.5 Å². The second kappa shape index (κ2) is 9.28. The first-order valence-electron chi connectivity index (χ1n) is 10.9. The van der Waals surface area contributed by atoms with E-state index in [0.29, 0.717) is 17.9 Å². The number of pyridine rings is 1. The minimum absolute atomic E-state index is 0.0897. The zero-order valence-electron chi connectivity index (χ0n) is 18.9. The van der Waals surface area contributed by atoms with Gasteiger partial charge in [0.2, 0.25) is 0 Å². The normalized spacial score (nSPS) is 17.4. The van der Waals surface area contributed by atoms with E-state index < -0.39 is 17.7 Å². The van der Waals surface area contributed by atoms with Gasteiger partial charge in [-0.2, -0.15) is 0 Å². The number of ketones is 1. The van der Waals surface area contributed by atoms with E-state index in [1.165, 1.54) is 4.90 Å². The number of amides is 1. The highest BCUT2D eigenvalue weighted by atomic mass is 16.5. The fourth-order valence-electron chi connectivity index (χ4n) is 4.12. The number of aromatic nitrogens is 1. The maximum Gasteiger partial charge on any atom is 0.295 e. The number of carbonyl (C=O) groups excluding carboxylic acids is 2. The average Bonchev–Trinajstić information content (AvgIpc) is 3.06. The number of likely N-dealkylation sites (tertiary alicyclic amines) is 1. The molecule has 0 bridgehead atoms. The number of hydrogen-bond donors (Lipinski definition) is 1. The van der Waals surface area contributed by atoms with Crippen molar-refractivity contribution in [1.82, 2.24) is 9.88 Å². The highest BCUT2D eigenvalue weighted by Gasteiger charge is 2.46. The Morgan fingerprint density at radius 2 is 1.73 bits per heavy atom. The summed E-state index contributed by atoms with van der Waals surface area (Å²) in [7, 11) is 0. The molecule has 0 spiro atoms. The quantitative estimate of drug-likeness (QED) is 0.339. The lowest BCUT2D eigenvalue weighted by Gasteiger charge is -2.25. The van der Waals surface area contributed by atoms with Gasteiger partial charge in [0, 0.05) is 24.5 Å². The number of hydrogen-bond acceptors (Lipinski definition) is 5. The molecule has 4 rings (SSSR count). The lowest BCUT2D eigenvalue weighted by atomic mass is 9.93. The Morgan fingerprint density at radius 3 is 2.39 bits per heavy atom.